The molecule has 58 valence electrons. The molecule has 0 aromatic carbocycles. The molecule has 0 spiro atoms. The van der Waals surface area contributed by atoms with Crippen molar-refractivity contribution in [2.75, 3.05) is 0 Å². The molecule has 2 nitrogen and oxygen atoms in total. The zero-order valence-electron chi connectivity index (χ0n) is 6.62. The zero-order chi connectivity index (χ0) is 7.72. The van der Waals surface area contributed by atoms with Crippen LogP contribution in [-0.4, -0.2) is 30.3 Å². The number of rotatable bonds is 1. The average Bonchev–Trinajstić information content (AvgIpc) is 2.17. The summed E-state index contributed by atoms with van der Waals surface area (Å²) in [5.41, 5.74) is 0. The number of hydrogen-bond donors (Lipinski definition) is 2. The van der Waals surface area contributed by atoms with Crippen LogP contribution in [0.25, 0.3) is 0 Å². The molecule has 1 aliphatic rings. The van der Waals surface area contributed by atoms with Crippen molar-refractivity contribution in [3.8, 4) is 0 Å². The van der Waals surface area contributed by atoms with Gasteiger partial charge in [0, 0.05) is 0 Å². The highest BCUT2D eigenvalue weighted by Gasteiger charge is 2.37. The Morgan fingerprint density at radius 2 is 2.00 bits per heavy atom. The molecule has 0 radical (unpaired) electrons. The van der Waals surface area contributed by atoms with E-state index in [-0.39, 0.29) is 5.82 Å². The second-order valence-corrected chi connectivity index (χ2v) is 3.36. The predicted octanol–water partition coefficient (Wildman–Crippen LogP) is -0.440. The van der Waals surface area contributed by atoms with E-state index in [4.69, 9.17) is 0 Å². The lowest BCUT2D eigenvalue weighted by molar-refractivity contribution is 0.0202. The van der Waals surface area contributed by atoms with Crippen molar-refractivity contribution < 1.29 is 10.2 Å². The van der Waals surface area contributed by atoms with E-state index in [1.54, 1.807) is 0 Å². The fourth-order valence-corrected chi connectivity index (χ4v) is 1.78. The van der Waals surface area contributed by atoms with Crippen LogP contribution in [0.15, 0.2) is 0 Å². The Bertz CT molecular complexity index is 118. The van der Waals surface area contributed by atoms with E-state index in [2.05, 4.69) is 6.92 Å². The number of aliphatic hydroxyl groups excluding tert-OH is 2. The van der Waals surface area contributed by atoms with Crippen molar-refractivity contribution >= 4 is 7.85 Å². The zero-order valence-corrected chi connectivity index (χ0v) is 6.62. The second kappa shape index (κ2) is 2.93. The number of aliphatic hydroxyl groups is 2. The minimum absolute atomic E-state index is 0.278. The summed E-state index contributed by atoms with van der Waals surface area (Å²) in [5.74, 6) is 0.602. The first-order chi connectivity index (χ1) is 4.66. The molecule has 4 atom stereocenters. The minimum atomic E-state index is -0.482. The molecule has 0 saturated heterocycles. The molecule has 1 aliphatic carbocycles. The van der Waals surface area contributed by atoms with Crippen LogP contribution < -0.4 is 0 Å². The van der Waals surface area contributed by atoms with Crippen LogP contribution in [0.3, 0.4) is 0 Å². The molecule has 0 aromatic rings. The summed E-state index contributed by atoms with van der Waals surface area (Å²) >= 11 is 0. The van der Waals surface area contributed by atoms with Gasteiger partial charge in [0.1, 0.15) is 7.85 Å². The monoisotopic (exact) mass is 142 g/mol. The van der Waals surface area contributed by atoms with Crippen molar-refractivity contribution in [1.29, 1.82) is 0 Å². The van der Waals surface area contributed by atoms with Gasteiger partial charge in [-0.3, -0.25) is 0 Å². The summed E-state index contributed by atoms with van der Waals surface area (Å²) in [4.78, 5) is 0. The highest BCUT2D eigenvalue weighted by Crippen LogP contribution is 2.35. The lowest BCUT2D eigenvalue weighted by atomic mass is 9.83. The van der Waals surface area contributed by atoms with Crippen molar-refractivity contribution in [2.24, 2.45) is 5.92 Å². The van der Waals surface area contributed by atoms with Gasteiger partial charge in [-0.15, -0.1) is 0 Å². The third kappa shape index (κ3) is 1.20. The van der Waals surface area contributed by atoms with Gasteiger partial charge in [0.2, 0.25) is 0 Å². The molecule has 0 aliphatic heterocycles. The van der Waals surface area contributed by atoms with E-state index in [9.17, 15) is 10.2 Å². The van der Waals surface area contributed by atoms with Gasteiger partial charge in [-0.2, -0.15) is 0 Å². The molecular weight excluding hydrogens is 127 g/mol. The summed E-state index contributed by atoms with van der Waals surface area (Å²) in [5, 5.41) is 18.7. The molecule has 2 N–H and O–H groups in total. The van der Waals surface area contributed by atoms with E-state index in [1.807, 2.05) is 7.85 Å². The molecule has 2 unspecified atom stereocenters. The summed E-state index contributed by atoms with van der Waals surface area (Å²) in [6.07, 6.45) is 0.992. The molecule has 10 heavy (non-hydrogen) atoms. The van der Waals surface area contributed by atoms with Gasteiger partial charge in [-0.1, -0.05) is 13.3 Å². The Kier molecular flexibility index (Phi) is 2.37. The van der Waals surface area contributed by atoms with E-state index < -0.39 is 12.2 Å². The van der Waals surface area contributed by atoms with Crippen LogP contribution in [0.1, 0.15) is 19.8 Å². The van der Waals surface area contributed by atoms with Crippen LogP contribution in [0.2, 0.25) is 5.82 Å². The summed E-state index contributed by atoms with van der Waals surface area (Å²) in [7, 11) is 1.99. The largest absolute Gasteiger partial charge is 0.391 e. The first kappa shape index (κ1) is 8.09. The Hall–Kier alpha value is -0.0151. The molecule has 0 bridgehead atoms. The summed E-state index contributed by atoms with van der Waals surface area (Å²) < 4.78 is 0. The Morgan fingerprint density at radius 1 is 1.40 bits per heavy atom. The molecule has 1 rings (SSSR count). The first-order valence-electron chi connectivity index (χ1n) is 4.03. The van der Waals surface area contributed by atoms with Crippen LogP contribution in [0.5, 0.6) is 0 Å². The Balaban J connectivity index is 2.53. The quantitative estimate of drug-likeness (QED) is 0.487. The highest BCUT2D eigenvalue weighted by molar-refractivity contribution is 6.12. The van der Waals surface area contributed by atoms with Crippen LogP contribution in [0.4, 0.5) is 0 Å². The fraction of sp³-hybridized carbons (Fsp3) is 1.00. The van der Waals surface area contributed by atoms with Crippen molar-refractivity contribution in [1.82, 2.24) is 0 Å². The lowest BCUT2D eigenvalue weighted by Gasteiger charge is -2.14. The van der Waals surface area contributed by atoms with Crippen molar-refractivity contribution in [3.05, 3.63) is 0 Å². The number of hydrogen-bond acceptors (Lipinski definition) is 2. The standard InChI is InChI=1S/C7H15BO2/c1-2-4-3-5(8)7(10)6(4)9/h4-7,9-10H,2-3,8H2,1H3/t4-,5+,6?,7?/m0/s1. The van der Waals surface area contributed by atoms with Gasteiger partial charge in [0.15, 0.2) is 0 Å². The third-order valence-corrected chi connectivity index (χ3v) is 2.61. The smallest absolute Gasteiger partial charge is 0.108 e. The van der Waals surface area contributed by atoms with Gasteiger partial charge in [-0.25, -0.2) is 0 Å². The molecule has 0 amide bonds. The summed E-state index contributed by atoms with van der Waals surface area (Å²) in [6, 6.07) is 0. The molecule has 1 saturated carbocycles. The molecule has 3 heteroatoms. The van der Waals surface area contributed by atoms with Gasteiger partial charge in [0.05, 0.1) is 12.2 Å². The molecule has 0 heterocycles. The Labute approximate surface area is 62.7 Å². The van der Waals surface area contributed by atoms with Crippen LogP contribution in [0, 0.1) is 5.92 Å². The maximum Gasteiger partial charge on any atom is 0.108 e. The van der Waals surface area contributed by atoms with Gasteiger partial charge in [-0.05, 0) is 18.2 Å². The lowest BCUT2D eigenvalue weighted by Crippen LogP contribution is -2.26. The fourth-order valence-electron chi connectivity index (χ4n) is 1.78. The Morgan fingerprint density at radius 3 is 2.20 bits per heavy atom. The topological polar surface area (TPSA) is 40.5 Å². The van der Waals surface area contributed by atoms with E-state index in [1.165, 1.54) is 0 Å². The van der Waals surface area contributed by atoms with Gasteiger partial charge < -0.3 is 10.2 Å². The van der Waals surface area contributed by atoms with Gasteiger partial charge >= 0.3 is 0 Å². The van der Waals surface area contributed by atoms with Crippen molar-refractivity contribution in [3.63, 3.8) is 0 Å². The second-order valence-electron chi connectivity index (χ2n) is 3.36. The predicted molar refractivity (Wildman–Crippen MR) is 42.7 cm³/mol. The molecule has 1 fully saturated rings. The SMILES string of the molecule is B[C@@H]1C[C@H](CC)C(O)C1O. The average molecular weight is 142 g/mol. The maximum absolute atomic E-state index is 9.38. The van der Waals surface area contributed by atoms with Crippen LogP contribution in [-0.2, 0) is 0 Å². The highest BCUT2D eigenvalue weighted by atomic mass is 16.3. The minimum Gasteiger partial charge on any atom is -0.391 e. The third-order valence-electron chi connectivity index (χ3n) is 2.61. The van der Waals surface area contributed by atoms with Crippen LogP contribution >= 0.6 is 0 Å². The van der Waals surface area contributed by atoms with Crippen molar-refractivity contribution in [2.45, 2.75) is 37.8 Å². The maximum atomic E-state index is 9.38. The normalized spacial score (nSPS) is 47.9. The first-order valence-corrected chi connectivity index (χ1v) is 4.03. The van der Waals surface area contributed by atoms with E-state index >= 15 is 0 Å². The molecular formula is C7H15BO2. The van der Waals surface area contributed by atoms with Gasteiger partial charge in [0.25, 0.3) is 0 Å². The summed E-state index contributed by atoms with van der Waals surface area (Å²) in [6.45, 7) is 2.05. The molecule has 0 aromatic heterocycles. The van der Waals surface area contributed by atoms with E-state index in [0.29, 0.717) is 5.92 Å². The van der Waals surface area contributed by atoms with E-state index in [0.717, 1.165) is 12.8 Å².